The minimum atomic E-state index is 0.316. The number of hydrogen-bond donors (Lipinski definition) is 0. The minimum absolute atomic E-state index is 0.316. The van der Waals surface area contributed by atoms with Crippen molar-refractivity contribution in [3.8, 4) is 0 Å². The van der Waals surface area contributed by atoms with Gasteiger partial charge in [0.15, 0.2) is 0 Å². The van der Waals surface area contributed by atoms with E-state index in [4.69, 9.17) is 9.47 Å². The number of ether oxygens (including phenoxy) is 2. The zero-order valence-electron chi connectivity index (χ0n) is 9.38. The van der Waals surface area contributed by atoms with Crippen LogP contribution in [0.1, 0.15) is 39.0 Å². The largest absolute Gasteiger partial charge is 0.382 e. The Morgan fingerprint density at radius 2 is 1.86 bits per heavy atom. The van der Waals surface area contributed by atoms with Crippen molar-refractivity contribution in [3.63, 3.8) is 0 Å². The third kappa shape index (κ3) is 9.68. The molecule has 0 aliphatic heterocycles. The average molecular weight is 202 g/mol. The monoisotopic (exact) mass is 202 g/mol. The first-order chi connectivity index (χ1) is 6.81. The van der Waals surface area contributed by atoms with Crippen LogP contribution in [-0.2, 0) is 14.3 Å². The molecule has 0 rings (SSSR count). The van der Waals surface area contributed by atoms with Crippen LogP contribution in [0, 0.1) is 0 Å². The molecule has 0 radical (unpaired) electrons. The van der Waals surface area contributed by atoms with Crippen LogP contribution in [0.4, 0.5) is 0 Å². The fraction of sp³-hybridized carbons (Fsp3) is 0.909. The average Bonchev–Trinajstić information content (AvgIpc) is 2.18. The molecule has 0 N–H and O–H groups in total. The van der Waals surface area contributed by atoms with Crippen molar-refractivity contribution in [2.45, 2.75) is 39.0 Å². The van der Waals surface area contributed by atoms with Gasteiger partial charge in [-0.1, -0.05) is 19.8 Å². The molecule has 0 aromatic heterocycles. The van der Waals surface area contributed by atoms with Gasteiger partial charge in [-0.15, -0.1) is 0 Å². The summed E-state index contributed by atoms with van der Waals surface area (Å²) >= 11 is 0. The van der Waals surface area contributed by atoms with Crippen molar-refractivity contribution in [2.24, 2.45) is 0 Å². The fourth-order valence-electron chi connectivity index (χ4n) is 1.13. The first-order valence-corrected chi connectivity index (χ1v) is 5.39. The Balaban J connectivity index is 3.10. The Morgan fingerprint density at radius 3 is 2.50 bits per heavy atom. The lowest BCUT2D eigenvalue weighted by Crippen LogP contribution is -2.07. The second kappa shape index (κ2) is 10.7. The number of carbonyl (C=O) groups is 1. The highest BCUT2D eigenvalue weighted by Crippen LogP contribution is 2.01. The molecule has 84 valence electrons. The van der Waals surface area contributed by atoms with Crippen LogP contribution in [0.3, 0.4) is 0 Å². The maximum atomic E-state index is 11.2. The first kappa shape index (κ1) is 13.6. The number of Topliss-reactive ketones (excluding diaryl/α,β-unsaturated/α-hetero) is 1. The zero-order valence-corrected chi connectivity index (χ0v) is 9.38. The van der Waals surface area contributed by atoms with E-state index >= 15 is 0 Å². The van der Waals surface area contributed by atoms with Crippen LogP contribution in [-0.4, -0.2) is 32.7 Å². The molecule has 0 heterocycles. The number of hydrogen-bond acceptors (Lipinski definition) is 3. The van der Waals surface area contributed by atoms with E-state index < -0.39 is 0 Å². The summed E-state index contributed by atoms with van der Waals surface area (Å²) in [5.41, 5.74) is 0. The molecular formula is C11H22O3. The third-order valence-electron chi connectivity index (χ3n) is 2.02. The zero-order chi connectivity index (χ0) is 10.6. The summed E-state index contributed by atoms with van der Waals surface area (Å²) in [6.45, 7) is 3.86. The molecule has 0 fully saturated rings. The third-order valence-corrected chi connectivity index (χ3v) is 2.02. The first-order valence-electron chi connectivity index (χ1n) is 5.39. The van der Waals surface area contributed by atoms with Crippen LogP contribution in [0.25, 0.3) is 0 Å². The molecule has 0 aromatic carbocycles. The summed E-state index contributed by atoms with van der Waals surface area (Å²) < 4.78 is 10.0. The van der Waals surface area contributed by atoms with Gasteiger partial charge in [-0.05, 0) is 6.42 Å². The molecule has 0 bridgehead atoms. The van der Waals surface area contributed by atoms with Gasteiger partial charge in [0.25, 0.3) is 0 Å². The van der Waals surface area contributed by atoms with Gasteiger partial charge in [-0.3, -0.25) is 4.79 Å². The van der Waals surface area contributed by atoms with Crippen molar-refractivity contribution in [2.75, 3.05) is 26.9 Å². The number of ketones is 1. The van der Waals surface area contributed by atoms with E-state index in [1.54, 1.807) is 7.11 Å². The molecule has 14 heavy (non-hydrogen) atoms. The van der Waals surface area contributed by atoms with Gasteiger partial charge in [-0.2, -0.15) is 0 Å². The van der Waals surface area contributed by atoms with Crippen molar-refractivity contribution in [1.29, 1.82) is 0 Å². The van der Waals surface area contributed by atoms with Gasteiger partial charge in [0.2, 0.25) is 0 Å². The van der Waals surface area contributed by atoms with Crippen LogP contribution >= 0.6 is 0 Å². The number of methoxy groups -OCH3 is 1. The van der Waals surface area contributed by atoms with E-state index in [1.807, 2.05) is 0 Å². The van der Waals surface area contributed by atoms with E-state index in [0.29, 0.717) is 38.4 Å². The van der Waals surface area contributed by atoms with Gasteiger partial charge in [0.1, 0.15) is 5.78 Å². The maximum Gasteiger partial charge on any atom is 0.135 e. The SMILES string of the molecule is CCCCCC(=O)CCOCCOC. The second-order valence-corrected chi connectivity index (χ2v) is 3.35. The molecule has 0 spiro atoms. The highest BCUT2D eigenvalue weighted by atomic mass is 16.5. The Bertz CT molecular complexity index is 134. The molecular weight excluding hydrogens is 180 g/mol. The van der Waals surface area contributed by atoms with Crippen LogP contribution in [0.5, 0.6) is 0 Å². The van der Waals surface area contributed by atoms with Crippen molar-refractivity contribution in [1.82, 2.24) is 0 Å². The van der Waals surface area contributed by atoms with Crippen LogP contribution < -0.4 is 0 Å². The van der Waals surface area contributed by atoms with Gasteiger partial charge >= 0.3 is 0 Å². The van der Waals surface area contributed by atoms with E-state index in [1.165, 1.54) is 0 Å². The lowest BCUT2D eigenvalue weighted by atomic mass is 10.1. The number of rotatable bonds is 10. The van der Waals surface area contributed by atoms with Crippen LogP contribution in [0.15, 0.2) is 0 Å². The summed E-state index contributed by atoms with van der Waals surface area (Å²) in [4.78, 5) is 11.2. The fourth-order valence-corrected chi connectivity index (χ4v) is 1.13. The maximum absolute atomic E-state index is 11.2. The van der Waals surface area contributed by atoms with E-state index in [0.717, 1.165) is 19.3 Å². The lowest BCUT2D eigenvalue weighted by Gasteiger charge is -2.02. The Hall–Kier alpha value is -0.410. The molecule has 0 aromatic rings. The van der Waals surface area contributed by atoms with Gasteiger partial charge in [0, 0.05) is 20.0 Å². The summed E-state index contributed by atoms with van der Waals surface area (Å²) in [5.74, 6) is 0.316. The molecule has 3 nitrogen and oxygen atoms in total. The molecule has 0 unspecified atom stereocenters. The molecule has 0 atom stereocenters. The highest BCUT2D eigenvalue weighted by molar-refractivity contribution is 5.78. The number of unbranched alkanes of at least 4 members (excludes halogenated alkanes) is 2. The molecule has 0 aliphatic rings. The van der Waals surface area contributed by atoms with Crippen molar-refractivity contribution in [3.05, 3.63) is 0 Å². The highest BCUT2D eigenvalue weighted by Gasteiger charge is 2.00. The van der Waals surface area contributed by atoms with Gasteiger partial charge in [0.05, 0.1) is 19.8 Å². The quantitative estimate of drug-likeness (QED) is 0.509. The predicted octanol–water partition coefficient (Wildman–Crippen LogP) is 2.19. The normalized spacial score (nSPS) is 10.4. The standard InChI is InChI=1S/C11H22O3/c1-3-4-5-6-11(12)7-8-14-10-9-13-2/h3-10H2,1-2H3. The van der Waals surface area contributed by atoms with Gasteiger partial charge in [-0.25, -0.2) is 0 Å². The van der Waals surface area contributed by atoms with E-state index in [-0.39, 0.29) is 0 Å². The summed E-state index contributed by atoms with van der Waals surface area (Å²) in [5, 5.41) is 0. The molecule has 0 aliphatic carbocycles. The van der Waals surface area contributed by atoms with Crippen molar-refractivity contribution >= 4 is 5.78 Å². The van der Waals surface area contributed by atoms with E-state index in [2.05, 4.69) is 6.92 Å². The summed E-state index contributed by atoms with van der Waals surface area (Å²) in [7, 11) is 1.64. The summed E-state index contributed by atoms with van der Waals surface area (Å²) in [6, 6.07) is 0. The second-order valence-electron chi connectivity index (χ2n) is 3.35. The predicted molar refractivity (Wildman–Crippen MR) is 56.5 cm³/mol. The molecule has 0 saturated carbocycles. The molecule has 0 amide bonds. The lowest BCUT2D eigenvalue weighted by molar-refractivity contribution is -0.120. The topological polar surface area (TPSA) is 35.5 Å². The smallest absolute Gasteiger partial charge is 0.135 e. The molecule has 0 saturated heterocycles. The van der Waals surface area contributed by atoms with Crippen LogP contribution in [0.2, 0.25) is 0 Å². The Kier molecular flexibility index (Phi) is 10.4. The van der Waals surface area contributed by atoms with Gasteiger partial charge < -0.3 is 9.47 Å². The summed E-state index contributed by atoms with van der Waals surface area (Å²) in [6.07, 6.45) is 4.59. The Morgan fingerprint density at radius 1 is 1.07 bits per heavy atom. The number of carbonyl (C=O) groups excluding carboxylic acids is 1. The van der Waals surface area contributed by atoms with Crippen molar-refractivity contribution < 1.29 is 14.3 Å². The molecule has 3 heteroatoms. The minimum Gasteiger partial charge on any atom is -0.382 e. The Labute approximate surface area is 86.8 Å². The van der Waals surface area contributed by atoms with E-state index in [9.17, 15) is 4.79 Å².